The zero-order chi connectivity index (χ0) is 13.3. The van der Waals surface area contributed by atoms with E-state index in [1.807, 2.05) is 18.2 Å². The number of rotatable bonds is 9. The molecule has 0 amide bonds. The molecule has 96 valence electrons. The van der Waals surface area contributed by atoms with Crippen LogP contribution in [0, 0.1) is 0 Å². The second kappa shape index (κ2) is 7.67. The van der Waals surface area contributed by atoms with Crippen molar-refractivity contribution in [3.63, 3.8) is 0 Å². The van der Waals surface area contributed by atoms with Crippen LogP contribution in [0.1, 0.15) is 5.56 Å². The molecule has 0 fully saturated rings. The van der Waals surface area contributed by atoms with Crippen LogP contribution < -0.4 is 0 Å². The van der Waals surface area contributed by atoms with E-state index in [1.54, 1.807) is 0 Å². The number of quaternary nitrogens is 1. The molecule has 0 radical (unpaired) electrons. The van der Waals surface area contributed by atoms with Crippen LogP contribution in [-0.2, 0) is 6.42 Å². The van der Waals surface area contributed by atoms with Gasteiger partial charge in [0.1, 0.15) is 0 Å². The molecule has 1 heteroatoms. The molecule has 0 unspecified atom stereocenters. The van der Waals surface area contributed by atoms with Gasteiger partial charge in [-0.3, -0.25) is 0 Å². The fraction of sp³-hybridized carbons (Fsp3) is 0.294. The number of hydrogen-bond acceptors (Lipinski definition) is 0. The summed E-state index contributed by atoms with van der Waals surface area (Å²) >= 11 is 0. The zero-order valence-electron chi connectivity index (χ0n) is 11.2. The third-order valence-corrected chi connectivity index (χ3v) is 3.27. The molecule has 0 saturated carbocycles. The lowest BCUT2D eigenvalue weighted by molar-refractivity contribution is -0.911. The average Bonchev–Trinajstić information content (AvgIpc) is 2.39. The van der Waals surface area contributed by atoms with Crippen molar-refractivity contribution >= 4 is 0 Å². The van der Waals surface area contributed by atoms with E-state index >= 15 is 0 Å². The quantitative estimate of drug-likeness (QED) is 0.458. The van der Waals surface area contributed by atoms with E-state index in [1.165, 1.54) is 5.56 Å². The minimum absolute atomic E-state index is 0.963. The predicted molar refractivity (Wildman–Crippen MR) is 80.5 cm³/mol. The average molecular weight is 242 g/mol. The largest absolute Gasteiger partial charge is 0.314 e. The second-order valence-electron chi connectivity index (χ2n) is 4.71. The number of hydrogen-bond donors (Lipinski definition) is 0. The maximum atomic E-state index is 3.88. The van der Waals surface area contributed by atoms with Crippen molar-refractivity contribution in [2.75, 3.05) is 26.2 Å². The Balaban J connectivity index is 2.72. The van der Waals surface area contributed by atoms with Crippen molar-refractivity contribution < 1.29 is 4.48 Å². The van der Waals surface area contributed by atoms with Crippen LogP contribution in [0.15, 0.2) is 68.3 Å². The molecule has 0 aromatic heterocycles. The predicted octanol–water partition coefficient (Wildman–Crippen LogP) is 3.60. The summed E-state index contributed by atoms with van der Waals surface area (Å²) in [5.41, 5.74) is 1.39. The summed E-state index contributed by atoms with van der Waals surface area (Å²) in [7, 11) is 0. The van der Waals surface area contributed by atoms with Crippen molar-refractivity contribution in [1.82, 2.24) is 0 Å². The molecule has 0 saturated heterocycles. The van der Waals surface area contributed by atoms with Gasteiger partial charge in [0.2, 0.25) is 0 Å². The minimum atomic E-state index is 0.963. The fourth-order valence-electron chi connectivity index (χ4n) is 2.33. The van der Waals surface area contributed by atoms with Gasteiger partial charge in [0.15, 0.2) is 0 Å². The maximum Gasteiger partial charge on any atom is 0.0976 e. The van der Waals surface area contributed by atoms with E-state index in [2.05, 4.69) is 50.1 Å². The highest BCUT2D eigenvalue weighted by Gasteiger charge is 2.22. The summed E-state index contributed by atoms with van der Waals surface area (Å²) in [6, 6.07) is 10.6. The van der Waals surface area contributed by atoms with Crippen molar-refractivity contribution in [2.24, 2.45) is 0 Å². The molecule has 1 aromatic carbocycles. The fourth-order valence-corrected chi connectivity index (χ4v) is 2.33. The van der Waals surface area contributed by atoms with Crippen LogP contribution in [0.4, 0.5) is 0 Å². The lowest BCUT2D eigenvalue weighted by Gasteiger charge is -2.36. The molecule has 0 aliphatic rings. The van der Waals surface area contributed by atoms with Gasteiger partial charge in [-0.2, -0.15) is 0 Å². The third-order valence-electron chi connectivity index (χ3n) is 3.27. The van der Waals surface area contributed by atoms with Gasteiger partial charge in [0.25, 0.3) is 0 Å². The second-order valence-corrected chi connectivity index (χ2v) is 4.71. The number of benzene rings is 1. The standard InChI is InChI=1S/C17H24N/c1-4-13-18(14-5-2,15-6-3)16-12-17-10-8-7-9-11-17/h4-11H,1-3,12-16H2/q+1. The van der Waals surface area contributed by atoms with E-state index in [4.69, 9.17) is 0 Å². The van der Waals surface area contributed by atoms with E-state index in [9.17, 15) is 0 Å². The number of nitrogens with zero attached hydrogens (tertiary/aromatic N) is 1. The topological polar surface area (TPSA) is 0 Å². The van der Waals surface area contributed by atoms with Gasteiger partial charge < -0.3 is 4.48 Å². The normalized spacial score (nSPS) is 10.9. The van der Waals surface area contributed by atoms with Crippen molar-refractivity contribution in [2.45, 2.75) is 6.42 Å². The molecular weight excluding hydrogens is 218 g/mol. The van der Waals surface area contributed by atoms with Crippen LogP contribution in [-0.4, -0.2) is 30.7 Å². The van der Waals surface area contributed by atoms with Gasteiger partial charge in [-0.1, -0.05) is 50.1 Å². The van der Waals surface area contributed by atoms with Gasteiger partial charge in [-0.15, -0.1) is 0 Å². The van der Waals surface area contributed by atoms with Gasteiger partial charge in [-0.25, -0.2) is 0 Å². The third kappa shape index (κ3) is 4.34. The Bertz CT molecular complexity index is 351. The van der Waals surface area contributed by atoms with E-state index in [-0.39, 0.29) is 0 Å². The van der Waals surface area contributed by atoms with E-state index in [0.29, 0.717) is 0 Å². The zero-order valence-corrected chi connectivity index (χ0v) is 11.2. The van der Waals surface area contributed by atoms with Gasteiger partial charge >= 0.3 is 0 Å². The van der Waals surface area contributed by atoms with E-state index < -0.39 is 0 Å². The van der Waals surface area contributed by atoms with Crippen molar-refractivity contribution in [3.05, 3.63) is 73.9 Å². The van der Waals surface area contributed by atoms with Crippen LogP contribution in [0.3, 0.4) is 0 Å². The maximum absolute atomic E-state index is 3.88. The van der Waals surface area contributed by atoms with Crippen molar-refractivity contribution in [1.29, 1.82) is 0 Å². The summed E-state index contributed by atoms with van der Waals surface area (Å²) in [6.07, 6.45) is 7.07. The highest BCUT2D eigenvalue weighted by molar-refractivity contribution is 5.14. The molecule has 0 atom stereocenters. The summed E-state index contributed by atoms with van der Waals surface area (Å²) in [6.45, 7) is 15.6. The summed E-state index contributed by atoms with van der Waals surface area (Å²) in [5.74, 6) is 0. The molecule has 0 aliphatic heterocycles. The minimum Gasteiger partial charge on any atom is -0.314 e. The highest BCUT2D eigenvalue weighted by atomic mass is 15.3. The Hall–Kier alpha value is -1.60. The Labute approximate surface area is 111 Å². The summed E-state index contributed by atoms with van der Waals surface area (Å²) in [4.78, 5) is 0. The Morgan fingerprint density at radius 1 is 0.833 bits per heavy atom. The highest BCUT2D eigenvalue weighted by Crippen LogP contribution is 2.11. The Morgan fingerprint density at radius 3 is 1.78 bits per heavy atom. The molecule has 0 spiro atoms. The molecule has 0 N–H and O–H groups in total. The first-order chi connectivity index (χ1) is 8.76. The van der Waals surface area contributed by atoms with Crippen LogP contribution >= 0.6 is 0 Å². The summed E-state index contributed by atoms with van der Waals surface area (Å²) < 4.78 is 0.964. The molecule has 0 aliphatic carbocycles. The SMILES string of the molecule is C=CC[N+](CC=C)(CC=C)CCc1ccccc1. The lowest BCUT2D eigenvalue weighted by atomic mass is 10.1. The Kier molecular flexibility index (Phi) is 6.16. The van der Waals surface area contributed by atoms with Crippen LogP contribution in [0.5, 0.6) is 0 Å². The first kappa shape index (κ1) is 14.5. The molecule has 18 heavy (non-hydrogen) atoms. The first-order valence-corrected chi connectivity index (χ1v) is 6.48. The first-order valence-electron chi connectivity index (χ1n) is 6.48. The lowest BCUT2D eigenvalue weighted by Crippen LogP contribution is -2.49. The van der Waals surface area contributed by atoms with E-state index in [0.717, 1.165) is 37.1 Å². The van der Waals surface area contributed by atoms with Crippen molar-refractivity contribution in [3.8, 4) is 0 Å². The molecule has 0 bridgehead atoms. The smallest absolute Gasteiger partial charge is 0.0976 e. The molecule has 1 aromatic rings. The monoisotopic (exact) mass is 242 g/mol. The van der Waals surface area contributed by atoms with Gasteiger partial charge in [0.05, 0.1) is 26.2 Å². The molecule has 1 rings (SSSR count). The summed E-state index contributed by atoms with van der Waals surface area (Å²) in [5, 5.41) is 0. The van der Waals surface area contributed by atoms with Gasteiger partial charge in [0, 0.05) is 6.42 Å². The van der Waals surface area contributed by atoms with Crippen LogP contribution in [0.2, 0.25) is 0 Å². The molecular formula is C17H24N+. The van der Waals surface area contributed by atoms with Gasteiger partial charge in [-0.05, 0) is 23.8 Å². The van der Waals surface area contributed by atoms with Crippen LogP contribution in [0.25, 0.3) is 0 Å². The Morgan fingerprint density at radius 2 is 1.33 bits per heavy atom. The molecule has 0 heterocycles. The molecule has 1 nitrogen and oxygen atoms in total.